The second-order valence-corrected chi connectivity index (χ2v) is 7.57. The van der Waals surface area contributed by atoms with Crippen LogP contribution in [-0.4, -0.2) is 31.6 Å². The van der Waals surface area contributed by atoms with Gasteiger partial charge in [0.05, 0.1) is 6.61 Å². The van der Waals surface area contributed by atoms with Gasteiger partial charge in [0.15, 0.2) is 6.61 Å². The van der Waals surface area contributed by atoms with E-state index in [4.69, 9.17) is 9.47 Å². The summed E-state index contributed by atoms with van der Waals surface area (Å²) < 4.78 is 11.1. The number of carbonyl (C=O) groups excluding carboxylic acids is 2. The topological polar surface area (TPSA) is 67.9 Å². The minimum atomic E-state index is -0.274. The Kier molecular flexibility index (Phi) is 6.70. The van der Waals surface area contributed by atoms with Gasteiger partial charge in [0, 0.05) is 23.5 Å². The number of ether oxygens (including phenoxy) is 2. The normalized spacial score (nSPS) is 12.2. The van der Waals surface area contributed by atoms with Gasteiger partial charge in [0.1, 0.15) is 11.5 Å². The van der Waals surface area contributed by atoms with E-state index in [0.717, 1.165) is 24.3 Å². The van der Waals surface area contributed by atoms with Crippen molar-refractivity contribution in [3.8, 4) is 11.5 Å². The molecule has 0 aromatic heterocycles. The van der Waals surface area contributed by atoms with E-state index in [-0.39, 0.29) is 18.4 Å². The molecule has 6 heteroatoms. The summed E-state index contributed by atoms with van der Waals surface area (Å²) in [5.41, 5.74) is 3.35. The zero-order valence-electron chi connectivity index (χ0n) is 18.0. The second-order valence-electron chi connectivity index (χ2n) is 7.57. The maximum absolute atomic E-state index is 12.9. The highest BCUT2D eigenvalue weighted by molar-refractivity contribution is 6.07. The first-order valence-corrected chi connectivity index (χ1v) is 10.8. The van der Waals surface area contributed by atoms with Crippen molar-refractivity contribution in [1.29, 1.82) is 0 Å². The van der Waals surface area contributed by atoms with E-state index in [1.165, 1.54) is 5.56 Å². The number of anilines is 2. The smallest absolute Gasteiger partial charge is 0.262 e. The largest absolute Gasteiger partial charge is 0.494 e. The number of nitrogens with one attached hydrogen (secondary N) is 1. The molecule has 0 fully saturated rings. The van der Waals surface area contributed by atoms with E-state index in [1.807, 2.05) is 37.3 Å². The van der Waals surface area contributed by atoms with Crippen LogP contribution >= 0.6 is 0 Å². The quantitative estimate of drug-likeness (QED) is 0.563. The van der Waals surface area contributed by atoms with Crippen LogP contribution in [-0.2, 0) is 11.2 Å². The van der Waals surface area contributed by atoms with Crippen LogP contribution < -0.4 is 19.7 Å². The van der Waals surface area contributed by atoms with Crippen molar-refractivity contribution >= 4 is 23.2 Å². The van der Waals surface area contributed by atoms with Crippen molar-refractivity contribution in [2.75, 3.05) is 30.0 Å². The second kappa shape index (κ2) is 10.0. The molecule has 32 heavy (non-hydrogen) atoms. The van der Waals surface area contributed by atoms with Crippen LogP contribution in [0.2, 0.25) is 0 Å². The molecule has 6 nitrogen and oxygen atoms in total. The first kappa shape index (κ1) is 21.4. The Morgan fingerprint density at radius 3 is 2.31 bits per heavy atom. The summed E-state index contributed by atoms with van der Waals surface area (Å²) >= 11 is 0. The molecule has 1 N–H and O–H groups in total. The number of para-hydroxylation sites is 1. The van der Waals surface area contributed by atoms with Gasteiger partial charge in [-0.1, -0.05) is 25.1 Å². The fourth-order valence-corrected chi connectivity index (χ4v) is 3.60. The molecule has 0 spiro atoms. The molecule has 0 unspecified atom stereocenters. The van der Waals surface area contributed by atoms with Crippen molar-refractivity contribution in [2.45, 2.75) is 19.8 Å². The van der Waals surface area contributed by atoms with Crippen LogP contribution in [0.5, 0.6) is 11.5 Å². The Balaban J connectivity index is 1.29. The number of amides is 2. The van der Waals surface area contributed by atoms with Crippen molar-refractivity contribution < 1.29 is 19.1 Å². The van der Waals surface area contributed by atoms with Crippen LogP contribution in [0.4, 0.5) is 11.4 Å². The first-order chi connectivity index (χ1) is 15.6. The highest BCUT2D eigenvalue weighted by Gasteiger charge is 2.25. The summed E-state index contributed by atoms with van der Waals surface area (Å²) in [4.78, 5) is 26.9. The number of hydrogen-bond acceptors (Lipinski definition) is 4. The van der Waals surface area contributed by atoms with Crippen LogP contribution in [0, 0.1) is 0 Å². The minimum absolute atomic E-state index is 0.0393. The van der Waals surface area contributed by atoms with E-state index in [9.17, 15) is 9.59 Å². The van der Waals surface area contributed by atoms with Gasteiger partial charge in [-0.2, -0.15) is 0 Å². The summed E-state index contributed by atoms with van der Waals surface area (Å²) in [7, 11) is 0. The highest BCUT2D eigenvalue weighted by Crippen LogP contribution is 2.29. The van der Waals surface area contributed by atoms with Crippen LogP contribution in [0.1, 0.15) is 29.3 Å². The molecule has 0 bridgehead atoms. The van der Waals surface area contributed by atoms with Crippen LogP contribution in [0.25, 0.3) is 0 Å². The lowest BCUT2D eigenvalue weighted by Crippen LogP contribution is -2.28. The minimum Gasteiger partial charge on any atom is -0.494 e. The molecule has 2 amide bonds. The third-order valence-corrected chi connectivity index (χ3v) is 5.21. The van der Waals surface area contributed by atoms with E-state index < -0.39 is 0 Å². The fourth-order valence-electron chi connectivity index (χ4n) is 3.60. The first-order valence-electron chi connectivity index (χ1n) is 10.8. The van der Waals surface area contributed by atoms with Gasteiger partial charge in [-0.3, -0.25) is 9.59 Å². The predicted octanol–water partition coefficient (Wildman–Crippen LogP) is 4.70. The van der Waals surface area contributed by atoms with Gasteiger partial charge >= 0.3 is 0 Å². The lowest BCUT2D eigenvalue weighted by atomic mass is 10.1. The van der Waals surface area contributed by atoms with E-state index >= 15 is 0 Å². The Hall–Kier alpha value is -3.80. The van der Waals surface area contributed by atoms with Gasteiger partial charge in [-0.15, -0.1) is 0 Å². The van der Waals surface area contributed by atoms with Gasteiger partial charge in [-0.25, -0.2) is 0 Å². The summed E-state index contributed by atoms with van der Waals surface area (Å²) in [5.74, 6) is 1.05. The Morgan fingerprint density at radius 2 is 1.59 bits per heavy atom. The van der Waals surface area contributed by atoms with Gasteiger partial charge < -0.3 is 19.7 Å². The molecular formula is C26H26N2O4. The lowest BCUT2D eigenvalue weighted by molar-refractivity contribution is -0.118. The van der Waals surface area contributed by atoms with Crippen molar-refractivity contribution in [3.05, 3.63) is 83.9 Å². The SMILES string of the molecule is CCCOc1ccc(OCC(=O)Nc2ccc(C(=O)N3CCc4ccccc43)cc2)cc1. The average Bonchev–Trinajstić information content (AvgIpc) is 3.26. The monoisotopic (exact) mass is 430 g/mol. The number of carbonyl (C=O) groups is 2. The maximum atomic E-state index is 12.9. The summed E-state index contributed by atoms with van der Waals surface area (Å²) in [6.45, 7) is 3.28. The average molecular weight is 431 g/mol. The molecular weight excluding hydrogens is 404 g/mol. The molecule has 164 valence electrons. The standard InChI is InChI=1S/C26H26N2O4/c1-2-17-31-22-11-13-23(14-12-22)32-18-25(29)27-21-9-7-20(8-10-21)26(30)28-16-15-19-5-3-4-6-24(19)28/h3-14H,2,15-18H2,1H3,(H,27,29). The van der Waals surface area contributed by atoms with E-state index in [0.29, 0.717) is 30.2 Å². The molecule has 0 saturated heterocycles. The molecule has 1 aliphatic heterocycles. The summed E-state index contributed by atoms with van der Waals surface area (Å²) in [5, 5.41) is 2.79. The van der Waals surface area contributed by atoms with E-state index in [2.05, 4.69) is 11.4 Å². The number of fused-ring (bicyclic) bond motifs is 1. The van der Waals surface area contributed by atoms with Crippen LogP contribution in [0.3, 0.4) is 0 Å². The number of hydrogen-bond donors (Lipinski definition) is 1. The third-order valence-electron chi connectivity index (χ3n) is 5.21. The van der Waals surface area contributed by atoms with Crippen molar-refractivity contribution in [2.24, 2.45) is 0 Å². The Labute approximate surface area is 187 Å². The number of benzene rings is 3. The fraction of sp³-hybridized carbons (Fsp3) is 0.231. The molecule has 0 atom stereocenters. The third kappa shape index (κ3) is 5.09. The van der Waals surface area contributed by atoms with Gasteiger partial charge in [0.25, 0.3) is 11.8 Å². The van der Waals surface area contributed by atoms with Crippen molar-refractivity contribution in [3.63, 3.8) is 0 Å². The molecule has 3 aromatic carbocycles. The highest BCUT2D eigenvalue weighted by atomic mass is 16.5. The molecule has 0 radical (unpaired) electrons. The molecule has 1 heterocycles. The zero-order chi connectivity index (χ0) is 22.3. The summed E-state index contributed by atoms with van der Waals surface area (Å²) in [6, 6.07) is 22.1. The van der Waals surface area contributed by atoms with Gasteiger partial charge in [0.2, 0.25) is 0 Å². The molecule has 0 saturated carbocycles. The zero-order valence-corrected chi connectivity index (χ0v) is 18.0. The number of rotatable bonds is 8. The van der Waals surface area contributed by atoms with E-state index in [1.54, 1.807) is 41.3 Å². The van der Waals surface area contributed by atoms with Gasteiger partial charge in [-0.05, 0) is 73.0 Å². The maximum Gasteiger partial charge on any atom is 0.262 e. The van der Waals surface area contributed by atoms with Crippen LogP contribution in [0.15, 0.2) is 72.8 Å². The predicted molar refractivity (Wildman–Crippen MR) is 125 cm³/mol. The molecule has 3 aromatic rings. The molecule has 0 aliphatic carbocycles. The Morgan fingerprint density at radius 1 is 0.906 bits per heavy atom. The number of nitrogens with zero attached hydrogens (tertiary/aromatic N) is 1. The molecule has 1 aliphatic rings. The van der Waals surface area contributed by atoms with Crippen molar-refractivity contribution in [1.82, 2.24) is 0 Å². The summed E-state index contributed by atoms with van der Waals surface area (Å²) in [6.07, 6.45) is 1.81. The lowest BCUT2D eigenvalue weighted by Gasteiger charge is -2.17. The molecule has 4 rings (SSSR count). The Bertz CT molecular complexity index is 1080.